The number of ether oxygens (including phenoxy) is 2. The Balaban J connectivity index is 2.55. The highest BCUT2D eigenvalue weighted by molar-refractivity contribution is 6.01. The average Bonchev–Trinajstić information content (AvgIpc) is 2.99. The second-order valence-electron chi connectivity index (χ2n) is 4.37. The molecule has 1 heterocycles. The summed E-state index contributed by atoms with van der Waals surface area (Å²) >= 11 is 0. The SMILES string of the molecule is CCNc1ccccc1-n1cc(C(=O)OC)c(C(=O)OC)n1. The van der Waals surface area contributed by atoms with Gasteiger partial charge in [0.15, 0.2) is 5.69 Å². The van der Waals surface area contributed by atoms with E-state index < -0.39 is 11.9 Å². The van der Waals surface area contributed by atoms with Crippen molar-refractivity contribution in [1.82, 2.24) is 9.78 Å². The summed E-state index contributed by atoms with van der Waals surface area (Å²) < 4.78 is 10.8. The Morgan fingerprint density at radius 2 is 1.86 bits per heavy atom. The van der Waals surface area contributed by atoms with Crippen LogP contribution in [-0.4, -0.2) is 42.5 Å². The zero-order valence-corrected chi connectivity index (χ0v) is 12.6. The lowest BCUT2D eigenvalue weighted by molar-refractivity contribution is 0.0552. The second-order valence-corrected chi connectivity index (χ2v) is 4.37. The number of anilines is 1. The Bertz CT molecular complexity index is 660. The van der Waals surface area contributed by atoms with Crippen molar-refractivity contribution in [3.05, 3.63) is 41.7 Å². The molecule has 7 heteroatoms. The van der Waals surface area contributed by atoms with E-state index in [2.05, 4.69) is 19.9 Å². The highest BCUT2D eigenvalue weighted by Crippen LogP contribution is 2.21. The summed E-state index contributed by atoms with van der Waals surface area (Å²) in [5, 5.41) is 7.36. The summed E-state index contributed by atoms with van der Waals surface area (Å²) in [7, 11) is 2.47. The molecule has 0 aliphatic heterocycles. The molecule has 0 unspecified atom stereocenters. The van der Waals surface area contributed by atoms with Crippen LogP contribution in [0.15, 0.2) is 30.5 Å². The van der Waals surface area contributed by atoms with E-state index >= 15 is 0 Å². The van der Waals surface area contributed by atoms with E-state index in [-0.39, 0.29) is 11.3 Å². The predicted octanol–water partition coefficient (Wildman–Crippen LogP) is 1.88. The van der Waals surface area contributed by atoms with Gasteiger partial charge in [0.05, 0.1) is 25.6 Å². The van der Waals surface area contributed by atoms with Gasteiger partial charge in [-0.1, -0.05) is 12.1 Å². The maximum Gasteiger partial charge on any atom is 0.359 e. The van der Waals surface area contributed by atoms with Crippen LogP contribution in [0.1, 0.15) is 27.8 Å². The molecule has 0 saturated heterocycles. The van der Waals surface area contributed by atoms with Gasteiger partial charge in [0.25, 0.3) is 0 Å². The monoisotopic (exact) mass is 303 g/mol. The van der Waals surface area contributed by atoms with Gasteiger partial charge in [-0.2, -0.15) is 5.10 Å². The smallest absolute Gasteiger partial charge is 0.359 e. The molecule has 116 valence electrons. The molecule has 0 atom stereocenters. The minimum Gasteiger partial charge on any atom is -0.465 e. The van der Waals surface area contributed by atoms with E-state index in [1.807, 2.05) is 31.2 Å². The van der Waals surface area contributed by atoms with Crippen LogP contribution in [0.2, 0.25) is 0 Å². The van der Waals surface area contributed by atoms with Gasteiger partial charge < -0.3 is 14.8 Å². The van der Waals surface area contributed by atoms with Crippen LogP contribution in [-0.2, 0) is 9.47 Å². The number of nitrogens with zero attached hydrogens (tertiary/aromatic N) is 2. The van der Waals surface area contributed by atoms with Crippen LogP contribution in [0, 0.1) is 0 Å². The number of hydrogen-bond donors (Lipinski definition) is 1. The number of methoxy groups -OCH3 is 2. The highest BCUT2D eigenvalue weighted by Gasteiger charge is 2.24. The van der Waals surface area contributed by atoms with Gasteiger partial charge in [0.2, 0.25) is 0 Å². The summed E-state index contributed by atoms with van der Waals surface area (Å²) in [6.45, 7) is 2.70. The molecule has 0 radical (unpaired) electrons. The van der Waals surface area contributed by atoms with Crippen LogP contribution in [0.5, 0.6) is 0 Å². The van der Waals surface area contributed by atoms with Crippen molar-refractivity contribution in [3.63, 3.8) is 0 Å². The van der Waals surface area contributed by atoms with Gasteiger partial charge in [0.1, 0.15) is 5.56 Å². The molecule has 1 N–H and O–H groups in total. The Labute approximate surface area is 127 Å². The van der Waals surface area contributed by atoms with Gasteiger partial charge in [-0.3, -0.25) is 0 Å². The third-order valence-electron chi connectivity index (χ3n) is 3.02. The number of para-hydroxylation sites is 2. The molecular weight excluding hydrogens is 286 g/mol. The Morgan fingerprint density at radius 3 is 2.50 bits per heavy atom. The number of rotatable bonds is 5. The van der Waals surface area contributed by atoms with Crippen molar-refractivity contribution in [2.45, 2.75) is 6.92 Å². The topological polar surface area (TPSA) is 82.5 Å². The molecule has 0 fully saturated rings. The number of carbonyl (C=O) groups excluding carboxylic acids is 2. The largest absolute Gasteiger partial charge is 0.465 e. The molecule has 2 rings (SSSR count). The summed E-state index contributed by atoms with van der Waals surface area (Å²) in [5.41, 5.74) is 1.52. The summed E-state index contributed by atoms with van der Waals surface area (Å²) in [6.07, 6.45) is 1.45. The minimum absolute atomic E-state index is 0.0562. The fourth-order valence-corrected chi connectivity index (χ4v) is 2.02. The van der Waals surface area contributed by atoms with E-state index in [9.17, 15) is 9.59 Å². The quantitative estimate of drug-likeness (QED) is 0.849. The first-order chi connectivity index (χ1) is 10.6. The standard InChI is InChI=1S/C15H17N3O4/c1-4-16-11-7-5-6-8-12(11)18-9-10(14(19)21-2)13(17-18)15(20)22-3/h5-9,16H,4H2,1-3H3. The van der Waals surface area contributed by atoms with E-state index in [1.165, 1.54) is 25.1 Å². The highest BCUT2D eigenvalue weighted by atomic mass is 16.5. The van der Waals surface area contributed by atoms with Crippen LogP contribution >= 0.6 is 0 Å². The summed E-state index contributed by atoms with van der Waals surface area (Å²) in [5.74, 6) is -1.34. The first-order valence-electron chi connectivity index (χ1n) is 6.72. The molecule has 2 aromatic rings. The lowest BCUT2D eigenvalue weighted by Crippen LogP contribution is -2.10. The van der Waals surface area contributed by atoms with Crippen molar-refractivity contribution in [1.29, 1.82) is 0 Å². The van der Waals surface area contributed by atoms with Gasteiger partial charge >= 0.3 is 11.9 Å². The Hall–Kier alpha value is -2.83. The second kappa shape index (κ2) is 6.75. The Kier molecular flexibility index (Phi) is 4.77. The average molecular weight is 303 g/mol. The lowest BCUT2D eigenvalue weighted by atomic mass is 10.2. The maximum atomic E-state index is 11.8. The van der Waals surface area contributed by atoms with Gasteiger partial charge in [0, 0.05) is 12.7 Å². The number of carbonyl (C=O) groups is 2. The molecule has 0 spiro atoms. The molecular formula is C15H17N3O4. The molecule has 0 aliphatic carbocycles. The van der Waals surface area contributed by atoms with E-state index in [0.29, 0.717) is 5.69 Å². The zero-order chi connectivity index (χ0) is 16.1. The van der Waals surface area contributed by atoms with E-state index in [4.69, 9.17) is 0 Å². The van der Waals surface area contributed by atoms with Crippen molar-refractivity contribution in [2.75, 3.05) is 26.1 Å². The van der Waals surface area contributed by atoms with Crippen LogP contribution in [0.3, 0.4) is 0 Å². The molecule has 1 aromatic heterocycles. The minimum atomic E-state index is -0.694. The van der Waals surface area contributed by atoms with Crippen LogP contribution < -0.4 is 5.32 Å². The van der Waals surface area contributed by atoms with Crippen molar-refractivity contribution in [3.8, 4) is 5.69 Å². The Morgan fingerprint density at radius 1 is 1.18 bits per heavy atom. The van der Waals surface area contributed by atoms with Gasteiger partial charge in [-0.25, -0.2) is 14.3 Å². The lowest BCUT2D eigenvalue weighted by Gasteiger charge is -2.10. The molecule has 0 amide bonds. The van der Waals surface area contributed by atoms with E-state index in [0.717, 1.165) is 12.2 Å². The predicted molar refractivity (Wildman–Crippen MR) is 80.4 cm³/mol. The first kappa shape index (κ1) is 15.6. The van der Waals surface area contributed by atoms with Crippen molar-refractivity contribution >= 4 is 17.6 Å². The number of hydrogen-bond acceptors (Lipinski definition) is 6. The van der Waals surface area contributed by atoms with Gasteiger partial charge in [-0.05, 0) is 19.1 Å². The van der Waals surface area contributed by atoms with Crippen molar-refractivity contribution in [2.24, 2.45) is 0 Å². The fourth-order valence-electron chi connectivity index (χ4n) is 2.02. The first-order valence-corrected chi connectivity index (χ1v) is 6.72. The fraction of sp³-hybridized carbons (Fsp3) is 0.267. The molecule has 7 nitrogen and oxygen atoms in total. The third kappa shape index (κ3) is 2.93. The van der Waals surface area contributed by atoms with E-state index in [1.54, 1.807) is 0 Å². The summed E-state index contributed by atoms with van der Waals surface area (Å²) in [4.78, 5) is 23.6. The molecule has 0 bridgehead atoms. The molecule has 1 aromatic carbocycles. The number of benzene rings is 1. The number of esters is 2. The zero-order valence-electron chi connectivity index (χ0n) is 12.6. The number of aromatic nitrogens is 2. The summed E-state index contributed by atoms with van der Waals surface area (Å²) in [6, 6.07) is 7.43. The number of nitrogens with one attached hydrogen (secondary N) is 1. The van der Waals surface area contributed by atoms with Gasteiger partial charge in [-0.15, -0.1) is 0 Å². The maximum absolute atomic E-state index is 11.8. The van der Waals surface area contributed by atoms with Crippen LogP contribution in [0.4, 0.5) is 5.69 Å². The molecule has 0 aliphatic rings. The van der Waals surface area contributed by atoms with Crippen LogP contribution in [0.25, 0.3) is 5.69 Å². The molecule has 0 saturated carbocycles. The normalized spacial score (nSPS) is 10.1. The third-order valence-corrected chi connectivity index (χ3v) is 3.02. The van der Waals surface area contributed by atoms with Crippen molar-refractivity contribution < 1.29 is 19.1 Å². The molecule has 22 heavy (non-hydrogen) atoms.